The number of rotatable bonds is 5. The molecule has 5 aromatic carbocycles. The summed E-state index contributed by atoms with van der Waals surface area (Å²) in [6.45, 7) is -3.04. The molecule has 0 saturated carbocycles. The molecule has 0 atom stereocenters. The van der Waals surface area contributed by atoms with E-state index in [0.717, 1.165) is 21.1 Å². The Labute approximate surface area is 253 Å². The number of aromatic nitrogens is 1. The van der Waals surface area contributed by atoms with Gasteiger partial charge in [-0.3, -0.25) is 0 Å². The lowest BCUT2D eigenvalue weighted by Crippen LogP contribution is -2.65. The summed E-state index contributed by atoms with van der Waals surface area (Å²) in [5.41, 5.74) is 2.92. The maximum absolute atomic E-state index is 10.2. The van der Waals surface area contributed by atoms with Gasteiger partial charge in [0.2, 0.25) is 8.07 Å². The van der Waals surface area contributed by atoms with E-state index in [4.69, 9.17) is 22.0 Å². The highest BCUT2D eigenvalue weighted by molar-refractivity contribution is 7.09. The van der Waals surface area contributed by atoms with E-state index in [0.29, 0.717) is 44.7 Å². The summed E-state index contributed by atoms with van der Waals surface area (Å²) >= 11 is 0. The van der Waals surface area contributed by atoms with Gasteiger partial charge in [-0.2, -0.15) is 5.26 Å². The average molecular weight is 567 g/mol. The zero-order valence-corrected chi connectivity index (χ0v) is 23.7. The van der Waals surface area contributed by atoms with Gasteiger partial charge in [-0.05, 0) is 52.9 Å². The number of nitriles is 1. The molecule has 0 fully saturated rings. The molecule has 7 aromatic rings. The smallest absolute Gasteiger partial charge is 0.214 e. The second-order valence-corrected chi connectivity index (χ2v) is 14.2. The molecule has 202 valence electrons. The van der Waals surface area contributed by atoms with Crippen molar-refractivity contribution in [1.29, 1.82) is 5.26 Å². The quantitative estimate of drug-likeness (QED) is 0.203. The van der Waals surface area contributed by atoms with E-state index in [2.05, 4.69) is 36.9 Å². The van der Waals surface area contributed by atoms with E-state index in [1.165, 1.54) is 12.1 Å². The van der Waals surface area contributed by atoms with Crippen LogP contribution < -0.4 is 15.9 Å². The molecule has 0 aliphatic heterocycles. The van der Waals surface area contributed by atoms with E-state index < -0.39 is 21.8 Å². The van der Waals surface area contributed by atoms with E-state index >= 15 is 0 Å². The van der Waals surface area contributed by atoms with Crippen molar-refractivity contribution in [2.24, 2.45) is 0 Å². The Hall–Kier alpha value is -5.18. The van der Waals surface area contributed by atoms with Crippen LogP contribution in [-0.2, 0) is 0 Å². The lowest BCUT2D eigenvalue weighted by molar-refractivity contribution is 0.604. The molecule has 4 nitrogen and oxygen atoms in total. The van der Waals surface area contributed by atoms with Gasteiger partial charge in [-0.1, -0.05) is 104 Å². The van der Waals surface area contributed by atoms with Crippen LogP contribution in [0.15, 0.2) is 124 Å². The Morgan fingerprint density at radius 2 is 1.45 bits per heavy atom. The number of hydrogen-bond donors (Lipinski definition) is 0. The van der Waals surface area contributed by atoms with Crippen LogP contribution in [0.5, 0.6) is 0 Å². The molecular weight excluding hydrogens is 533 g/mol. The molecule has 5 heteroatoms. The highest BCUT2D eigenvalue weighted by Crippen LogP contribution is 2.41. The predicted octanol–water partition coefficient (Wildman–Crippen LogP) is 7.50. The fourth-order valence-electron chi connectivity index (χ4n) is 5.72. The number of benzene rings is 5. The first-order chi connectivity index (χ1) is 22.9. The SMILES string of the molecule is [2H]C([2H])([2H])c1ccc(-c2cccc3c2oc2c(-c4cnc([Si](C)(c5ccccc5)c5ccccc5)o4)c(C#N)ccc23)cc1C([2H])([2H])[2H]. The van der Waals surface area contributed by atoms with Gasteiger partial charge in [0.25, 0.3) is 0 Å². The molecule has 0 spiro atoms. The highest BCUT2D eigenvalue weighted by atomic mass is 28.3. The normalized spacial score (nSPS) is 14.4. The minimum absolute atomic E-state index is 0.216. The summed E-state index contributed by atoms with van der Waals surface area (Å²) in [5.74, 6) is 0.394. The van der Waals surface area contributed by atoms with Crippen LogP contribution in [-0.4, -0.2) is 13.1 Å². The van der Waals surface area contributed by atoms with Crippen molar-refractivity contribution in [2.45, 2.75) is 20.3 Å². The molecule has 0 bridgehead atoms. The standard InChI is InChI=1S/C37H28N2O2Si/c1-24-17-18-26(21-25(24)2)30-15-10-16-31-32-20-19-27(22-38)34(36(32)41-35(30)31)33-23-39-37(40-33)42(3,28-11-6-4-7-12-28)29-13-8-5-9-14-29/h4-21,23H,1-3H3/i1D3,2D3. The molecule has 0 radical (unpaired) electrons. The Morgan fingerprint density at radius 1 is 0.738 bits per heavy atom. The summed E-state index contributed by atoms with van der Waals surface area (Å²) in [6, 6.07) is 36.0. The van der Waals surface area contributed by atoms with E-state index in [1.54, 1.807) is 24.4 Å². The number of oxazole rings is 1. The van der Waals surface area contributed by atoms with Crippen molar-refractivity contribution < 1.29 is 17.1 Å². The number of aryl methyl sites for hydroxylation is 2. The molecule has 0 N–H and O–H groups in total. The Kier molecular flexibility index (Phi) is 4.73. The van der Waals surface area contributed by atoms with Crippen molar-refractivity contribution in [3.63, 3.8) is 0 Å². The van der Waals surface area contributed by atoms with E-state index in [1.807, 2.05) is 54.6 Å². The van der Waals surface area contributed by atoms with Crippen LogP contribution in [0, 0.1) is 25.0 Å². The van der Waals surface area contributed by atoms with Gasteiger partial charge in [0, 0.05) is 24.6 Å². The Balaban J connectivity index is 1.43. The number of fused-ring (bicyclic) bond motifs is 3. The summed E-state index contributed by atoms with van der Waals surface area (Å²) in [6.07, 6.45) is 1.65. The van der Waals surface area contributed by atoms with Crippen molar-refractivity contribution in [2.75, 3.05) is 0 Å². The molecule has 7 rings (SSSR count). The maximum atomic E-state index is 10.2. The lowest BCUT2D eigenvalue weighted by Gasteiger charge is -2.24. The third kappa shape index (κ3) is 4.00. The van der Waals surface area contributed by atoms with Crippen LogP contribution in [0.2, 0.25) is 6.55 Å². The van der Waals surface area contributed by atoms with Crippen molar-refractivity contribution >= 4 is 45.9 Å². The van der Waals surface area contributed by atoms with Gasteiger partial charge >= 0.3 is 0 Å². The number of furan rings is 1. The van der Waals surface area contributed by atoms with Gasteiger partial charge in [0.05, 0.1) is 17.3 Å². The van der Waals surface area contributed by atoms with Crippen molar-refractivity contribution in [3.05, 3.63) is 132 Å². The zero-order valence-electron chi connectivity index (χ0n) is 28.7. The molecule has 0 amide bonds. The Morgan fingerprint density at radius 3 is 2.14 bits per heavy atom. The molecular formula is C37H28N2O2Si. The predicted molar refractivity (Wildman–Crippen MR) is 172 cm³/mol. The third-order valence-corrected chi connectivity index (χ3v) is 12.1. The monoisotopic (exact) mass is 566 g/mol. The van der Waals surface area contributed by atoms with Crippen molar-refractivity contribution in [3.8, 4) is 28.5 Å². The molecule has 0 aliphatic carbocycles. The average Bonchev–Trinajstić information content (AvgIpc) is 3.73. The van der Waals surface area contributed by atoms with Crippen LogP contribution in [0.4, 0.5) is 0 Å². The minimum atomic E-state index is -2.69. The van der Waals surface area contributed by atoms with Gasteiger partial charge in [-0.15, -0.1) is 0 Å². The molecule has 2 heterocycles. The van der Waals surface area contributed by atoms with Gasteiger partial charge in [0.1, 0.15) is 17.2 Å². The fraction of sp³-hybridized carbons (Fsp3) is 0.0811. The van der Waals surface area contributed by atoms with Crippen molar-refractivity contribution in [1.82, 2.24) is 4.98 Å². The number of para-hydroxylation sites is 1. The molecule has 0 unspecified atom stereocenters. The number of nitrogens with zero attached hydrogens (tertiary/aromatic N) is 2. The van der Waals surface area contributed by atoms with Gasteiger partial charge in [-0.25, -0.2) is 4.98 Å². The minimum Gasteiger partial charge on any atom is -0.455 e. The summed E-state index contributed by atoms with van der Waals surface area (Å²) < 4.78 is 61.0. The second kappa shape index (κ2) is 10.0. The maximum Gasteiger partial charge on any atom is 0.214 e. The van der Waals surface area contributed by atoms with E-state index in [9.17, 15) is 5.26 Å². The van der Waals surface area contributed by atoms with Gasteiger partial charge in [0.15, 0.2) is 11.3 Å². The molecule has 0 saturated heterocycles. The van der Waals surface area contributed by atoms with Gasteiger partial charge < -0.3 is 8.83 Å². The van der Waals surface area contributed by atoms with Crippen LogP contribution in [0.3, 0.4) is 0 Å². The topological polar surface area (TPSA) is 63.0 Å². The second-order valence-electron chi connectivity index (χ2n) is 10.4. The Bertz CT molecular complexity index is 2310. The molecule has 2 aromatic heterocycles. The van der Waals surface area contributed by atoms with E-state index in [-0.39, 0.29) is 11.1 Å². The fourth-order valence-corrected chi connectivity index (χ4v) is 8.90. The summed E-state index contributed by atoms with van der Waals surface area (Å²) in [4.78, 5) is 4.82. The highest BCUT2D eigenvalue weighted by Gasteiger charge is 2.39. The lowest BCUT2D eigenvalue weighted by atomic mass is 9.98. The molecule has 42 heavy (non-hydrogen) atoms. The van der Waals surface area contributed by atoms with Crippen LogP contribution in [0.1, 0.15) is 24.9 Å². The summed E-state index contributed by atoms with van der Waals surface area (Å²) in [7, 11) is -2.69. The van der Waals surface area contributed by atoms with Crippen LogP contribution in [0.25, 0.3) is 44.4 Å². The summed E-state index contributed by atoms with van der Waals surface area (Å²) in [5, 5.41) is 14.0. The first kappa shape index (κ1) is 19.8. The van der Waals surface area contributed by atoms with Crippen LogP contribution >= 0.6 is 0 Å². The third-order valence-electron chi connectivity index (χ3n) is 8.00. The molecule has 0 aliphatic rings. The zero-order chi connectivity index (χ0) is 33.8. The largest absolute Gasteiger partial charge is 0.455 e. The first-order valence-electron chi connectivity index (χ1n) is 16.5. The number of hydrogen-bond acceptors (Lipinski definition) is 4. The first-order valence-corrected chi connectivity index (χ1v) is 16.0.